The number of carbonyl (C=O) groups is 2. The molecule has 4 aromatic rings. The van der Waals surface area contributed by atoms with Gasteiger partial charge in [0, 0.05) is 47.9 Å². The van der Waals surface area contributed by atoms with E-state index in [-0.39, 0.29) is 11.7 Å². The maximum Gasteiger partial charge on any atom is 0.255 e. The first-order chi connectivity index (χ1) is 14.5. The summed E-state index contributed by atoms with van der Waals surface area (Å²) in [5.41, 5.74) is 4.49. The number of amides is 1. The Kier molecular flexibility index (Phi) is 5.06. The molecule has 0 aliphatic rings. The van der Waals surface area contributed by atoms with Crippen molar-refractivity contribution >= 4 is 28.8 Å². The number of hydrogen-bond acceptors (Lipinski definition) is 4. The summed E-state index contributed by atoms with van der Waals surface area (Å²) in [7, 11) is 3.34. The summed E-state index contributed by atoms with van der Waals surface area (Å²) in [5.74, 6) is -0.311. The topological polar surface area (TPSA) is 71.3 Å². The van der Waals surface area contributed by atoms with Gasteiger partial charge in [-0.05, 0) is 42.0 Å². The molecule has 0 unspecified atom stereocenters. The van der Waals surface area contributed by atoms with Gasteiger partial charge in [-0.2, -0.15) is 0 Å². The summed E-state index contributed by atoms with van der Waals surface area (Å²) >= 11 is 0. The first kappa shape index (κ1) is 19.4. The Balaban J connectivity index is 2.01. The number of furan rings is 1. The summed E-state index contributed by atoms with van der Waals surface area (Å²) < 4.78 is 19.4. The molecule has 1 heterocycles. The van der Waals surface area contributed by atoms with E-state index in [0.717, 1.165) is 23.1 Å². The van der Waals surface area contributed by atoms with E-state index in [1.807, 2.05) is 24.3 Å². The van der Waals surface area contributed by atoms with Gasteiger partial charge in [0.15, 0.2) is 0 Å². The molecule has 0 bridgehead atoms. The first-order valence-corrected chi connectivity index (χ1v) is 9.37. The number of fused-ring (bicyclic) bond motifs is 1. The minimum atomic E-state index is -0.369. The average molecular weight is 402 g/mol. The van der Waals surface area contributed by atoms with Crippen LogP contribution in [0.15, 0.2) is 65.1 Å². The highest BCUT2D eigenvalue weighted by molar-refractivity contribution is 6.12. The number of rotatable bonds is 5. The van der Waals surface area contributed by atoms with Crippen LogP contribution in [-0.4, -0.2) is 26.3 Å². The van der Waals surface area contributed by atoms with Crippen molar-refractivity contribution in [1.82, 2.24) is 5.32 Å². The summed E-state index contributed by atoms with van der Waals surface area (Å²) in [6, 6.07) is 16.7. The second-order valence-electron chi connectivity index (χ2n) is 6.78. The lowest BCUT2D eigenvalue weighted by Gasteiger charge is -2.10. The zero-order valence-electron chi connectivity index (χ0n) is 16.5. The van der Waals surface area contributed by atoms with Gasteiger partial charge in [-0.1, -0.05) is 18.2 Å². The fraction of sp³-hybridized carbons (Fsp3) is 0.0833. The van der Waals surface area contributed by atoms with E-state index < -0.39 is 0 Å². The van der Waals surface area contributed by atoms with Crippen LogP contribution < -0.4 is 10.6 Å². The molecule has 150 valence electrons. The lowest BCUT2D eigenvalue weighted by molar-refractivity contribution is 0.0964. The minimum absolute atomic E-state index is 0.308. The molecule has 0 saturated heterocycles. The third kappa shape index (κ3) is 3.33. The van der Waals surface area contributed by atoms with Crippen LogP contribution >= 0.6 is 0 Å². The fourth-order valence-electron chi connectivity index (χ4n) is 3.52. The van der Waals surface area contributed by atoms with Gasteiger partial charge >= 0.3 is 0 Å². The smallest absolute Gasteiger partial charge is 0.255 e. The van der Waals surface area contributed by atoms with Crippen LogP contribution in [0.4, 0.5) is 10.1 Å². The molecule has 5 nitrogen and oxygen atoms in total. The lowest BCUT2D eigenvalue weighted by Crippen LogP contribution is -2.18. The van der Waals surface area contributed by atoms with E-state index in [9.17, 15) is 14.0 Å². The van der Waals surface area contributed by atoms with Crippen LogP contribution in [-0.2, 0) is 0 Å². The summed E-state index contributed by atoms with van der Waals surface area (Å²) in [5, 5.41) is 6.42. The third-order valence-corrected chi connectivity index (χ3v) is 4.99. The Morgan fingerprint density at radius 1 is 1.00 bits per heavy atom. The van der Waals surface area contributed by atoms with Gasteiger partial charge in [0.05, 0.1) is 5.56 Å². The molecule has 0 aliphatic carbocycles. The van der Waals surface area contributed by atoms with Crippen molar-refractivity contribution in [1.29, 1.82) is 0 Å². The van der Waals surface area contributed by atoms with E-state index in [0.29, 0.717) is 33.4 Å². The molecule has 1 amide bonds. The van der Waals surface area contributed by atoms with Crippen molar-refractivity contribution in [2.75, 3.05) is 19.4 Å². The minimum Gasteiger partial charge on any atom is -0.455 e. The highest BCUT2D eigenvalue weighted by atomic mass is 19.1. The summed E-state index contributed by atoms with van der Waals surface area (Å²) in [6.07, 6.45) is 0.793. The van der Waals surface area contributed by atoms with Gasteiger partial charge < -0.3 is 15.1 Å². The maximum atomic E-state index is 13.4. The molecule has 0 fully saturated rings. The normalized spacial score (nSPS) is 10.8. The Labute approximate surface area is 172 Å². The highest BCUT2D eigenvalue weighted by Gasteiger charge is 2.23. The number of anilines is 1. The van der Waals surface area contributed by atoms with Crippen LogP contribution in [0.25, 0.3) is 33.4 Å². The van der Waals surface area contributed by atoms with Crippen LogP contribution in [0.3, 0.4) is 0 Å². The van der Waals surface area contributed by atoms with Crippen LogP contribution in [0, 0.1) is 5.82 Å². The molecule has 0 atom stereocenters. The quantitative estimate of drug-likeness (QED) is 0.455. The molecule has 30 heavy (non-hydrogen) atoms. The van der Waals surface area contributed by atoms with Crippen LogP contribution in [0.5, 0.6) is 0 Å². The van der Waals surface area contributed by atoms with Crippen molar-refractivity contribution < 1.29 is 18.4 Å². The number of hydrogen-bond donors (Lipinski definition) is 2. The zero-order valence-corrected chi connectivity index (χ0v) is 16.5. The highest BCUT2D eigenvalue weighted by Crippen LogP contribution is 2.39. The van der Waals surface area contributed by atoms with E-state index in [1.165, 1.54) is 12.1 Å². The fourth-order valence-corrected chi connectivity index (χ4v) is 3.52. The van der Waals surface area contributed by atoms with Crippen molar-refractivity contribution in [3.8, 4) is 22.5 Å². The van der Waals surface area contributed by atoms with E-state index in [1.54, 1.807) is 38.4 Å². The van der Waals surface area contributed by atoms with E-state index in [4.69, 9.17) is 4.42 Å². The standard InChI is InChI=1S/C24H19FN2O3/c1-26-20-12-21-19(11-18(20)16-5-3-4-14(10-16)13-28)22(24(29)27-2)23(30-21)15-6-8-17(25)9-7-15/h3-13,26H,1-2H3,(H,27,29). The van der Waals surface area contributed by atoms with Crippen molar-refractivity contribution in [2.24, 2.45) is 0 Å². The predicted molar refractivity (Wildman–Crippen MR) is 115 cm³/mol. The summed E-state index contributed by atoms with van der Waals surface area (Å²) in [4.78, 5) is 24.0. The van der Waals surface area contributed by atoms with Gasteiger partial charge in [0.1, 0.15) is 23.4 Å². The monoisotopic (exact) mass is 402 g/mol. The molecule has 0 spiro atoms. The number of halogens is 1. The Morgan fingerprint density at radius 3 is 2.43 bits per heavy atom. The predicted octanol–water partition coefficient (Wildman–Crippen LogP) is 5.12. The van der Waals surface area contributed by atoms with Gasteiger partial charge in [0.25, 0.3) is 5.91 Å². The molecular weight excluding hydrogens is 383 g/mol. The van der Waals surface area contributed by atoms with E-state index >= 15 is 0 Å². The lowest BCUT2D eigenvalue weighted by atomic mass is 9.97. The van der Waals surface area contributed by atoms with Gasteiger partial charge in [0.2, 0.25) is 0 Å². The van der Waals surface area contributed by atoms with Crippen LogP contribution in [0.1, 0.15) is 20.7 Å². The third-order valence-electron chi connectivity index (χ3n) is 4.99. The Morgan fingerprint density at radius 2 is 1.77 bits per heavy atom. The van der Waals surface area contributed by atoms with Crippen molar-refractivity contribution in [2.45, 2.75) is 0 Å². The van der Waals surface area contributed by atoms with E-state index in [2.05, 4.69) is 10.6 Å². The molecule has 6 heteroatoms. The summed E-state index contributed by atoms with van der Waals surface area (Å²) in [6.45, 7) is 0. The Hall–Kier alpha value is -3.93. The molecule has 2 N–H and O–H groups in total. The maximum absolute atomic E-state index is 13.4. The average Bonchev–Trinajstić information content (AvgIpc) is 3.16. The van der Waals surface area contributed by atoms with Crippen LogP contribution in [0.2, 0.25) is 0 Å². The van der Waals surface area contributed by atoms with Gasteiger partial charge in [-0.3, -0.25) is 9.59 Å². The molecule has 0 saturated carbocycles. The largest absolute Gasteiger partial charge is 0.455 e. The molecule has 4 rings (SSSR count). The SMILES string of the molecule is CNC(=O)c1c(-c2ccc(F)cc2)oc2cc(NC)c(-c3cccc(C=O)c3)cc12. The zero-order chi connectivity index (χ0) is 21.3. The van der Waals surface area contributed by atoms with Gasteiger partial charge in [-0.25, -0.2) is 4.39 Å². The number of benzene rings is 3. The first-order valence-electron chi connectivity index (χ1n) is 9.37. The molecule has 0 radical (unpaired) electrons. The van der Waals surface area contributed by atoms with Gasteiger partial charge in [-0.15, -0.1) is 0 Å². The second kappa shape index (κ2) is 7.83. The molecular formula is C24H19FN2O3. The molecule has 3 aromatic carbocycles. The Bertz CT molecular complexity index is 1260. The van der Waals surface area contributed by atoms with Crippen molar-refractivity contribution in [3.05, 3.63) is 77.6 Å². The second-order valence-corrected chi connectivity index (χ2v) is 6.78. The molecule has 1 aromatic heterocycles. The number of carbonyl (C=O) groups excluding carboxylic acids is 2. The number of aldehydes is 1. The number of nitrogens with one attached hydrogen (secondary N) is 2. The molecule has 0 aliphatic heterocycles. The van der Waals surface area contributed by atoms with Crippen molar-refractivity contribution in [3.63, 3.8) is 0 Å².